The quantitative estimate of drug-likeness (QED) is 0.514. The monoisotopic (exact) mass is 407 g/mol. The van der Waals surface area contributed by atoms with E-state index in [2.05, 4.69) is 20.4 Å². The number of amides is 1. The second kappa shape index (κ2) is 8.28. The Morgan fingerprint density at radius 3 is 2.62 bits per heavy atom. The van der Waals surface area contributed by atoms with Gasteiger partial charge in [0.2, 0.25) is 5.91 Å². The Morgan fingerprint density at radius 2 is 1.86 bits per heavy atom. The van der Waals surface area contributed by atoms with Gasteiger partial charge in [0.25, 0.3) is 5.56 Å². The van der Waals surface area contributed by atoms with Crippen molar-refractivity contribution in [3.8, 4) is 5.69 Å². The van der Waals surface area contributed by atoms with Crippen molar-refractivity contribution in [1.82, 2.24) is 25.1 Å². The molecule has 4 rings (SSSR count). The fourth-order valence-electron chi connectivity index (χ4n) is 2.96. The molecule has 0 atom stereocenters. The molecule has 0 spiro atoms. The number of nitrogens with one attached hydrogen (secondary N) is 2. The summed E-state index contributed by atoms with van der Waals surface area (Å²) in [7, 11) is 0. The van der Waals surface area contributed by atoms with Crippen LogP contribution in [-0.2, 0) is 17.8 Å². The van der Waals surface area contributed by atoms with Gasteiger partial charge in [-0.25, -0.2) is 9.67 Å². The third-order valence-corrected chi connectivity index (χ3v) is 4.73. The van der Waals surface area contributed by atoms with Gasteiger partial charge in [-0.2, -0.15) is 5.10 Å². The zero-order valence-electron chi connectivity index (χ0n) is 15.4. The van der Waals surface area contributed by atoms with Crippen molar-refractivity contribution in [2.45, 2.75) is 19.4 Å². The normalized spacial score (nSPS) is 10.9. The number of hydrogen-bond acceptors (Lipinski definition) is 4. The maximum Gasteiger partial charge on any atom is 0.262 e. The number of para-hydroxylation sites is 1. The van der Waals surface area contributed by atoms with Crippen LogP contribution in [0.2, 0.25) is 5.02 Å². The van der Waals surface area contributed by atoms with Gasteiger partial charge in [-0.1, -0.05) is 41.9 Å². The van der Waals surface area contributed by atoms with Gasteiger partial charge in [-0.3, -0.25) is 9.59 Å². The average Bonchev–Trinajstić information content (AvgIpc) is 3.17. The first-order valence-electron chi connectivity index (χ1n) is 9.13. The van der Waals surface area contributed by atoms with E-state index in [1.807, 2.05) is 42.5 Å². The van der Waals surface area contributed by atoms with Crippen LogP contribution in [0, 0.1) is 0 Å². The molecule has 2 heterocycles. The molecule has 0 aliphatic carbocycles. The summed E-state index contributed by atoms with van der Waals surface area (Å²) < 4.78 is 1.62. The summed E-state index contributed by atoms with van der Waals surface area (Å²) in [6.07, 6.45) is 2.02. The number of aryl methyl sites for hydroxylation is 1. The summed E-state index contributed by atoms with van der Waals surface area (Å²) in [5, 5.41) is 8.19. The summed E-state index contributed by atoms with van der Waals surface area (Å²) >= 11 is 5.86. The third-order valence-electron chi connectivity index (χ3n) is 4.48. The minimum absolute atomic E-state index is 0.126. The molecule has 0 bridgehead atoms. The number of aromatic amines is 1. The van der Waals surface area contributed by atoms with Gasteiger partial charge >= 0.3 is 0 Å². The number of carbonyl (C=O) groups excluding carboxylic acids is 1. The molecule has 146 valence electrons. The second-order valence-corrected chi connectivity index (χ2v) is 6.98. The average molecular weight is 408 g/mol. The highest BCUT2D eigenvalue weighted by atomic mass is 35.5. The number of aromatic nitrogens is 4. The van der Waals surface area contributed by atoms with Gasteiger partial charge in [-0.15, -0.1) is 0 Å². The van der Waals surface area contributed by atoms with Crippen LogP contribution in [0.25, 0.3) is 16.7 Å². The first kappa shape index (κ1) is 18.9. The number of hydrogen-bond donors (Lipinski definition) is 2. The molecule has 0 saturated carbocycles. The van der Waals surface area contributed by atoms with Gasteiger partial charge in [0.15, 0.2) is 5.65 Å². The summed E-state index contributed by atoms with van der Waals surface area (Å²) in [5.74, 6) is 0.320. The highest BCUT2D eigenvalue weighted by molar-refractivity contribution is 6.30. The molecule has 29 heavy (non-hydrogen) atoms. The molecule has 7 nitrogen and oxygen atoms in total. The largest absolute Gasteiger partial charge is 0.352 e. The number of rotatable bonds is 6. The maximum atomic E-state index is 12.4. The summed E-state index contributed by atoms with van der Waals surface area (Å²) in [6, 6.07) is 16.7. The molecule has 4 aromatic rings. The van der Waals surface area contributed by atoms with Crippen molar-refractivity contribution >= 4 is 28.5 Å². The predicted molar refractivity (Wildman–Crippen MR) is 111 cm³/mol. The van der Waals surface area contributed by atoms with Crippen molar-refractivity contribution in [3.05, 3.63) is 87.6 Å². The van der Waals surface area contributed by atoms with E-state index in [0.29, 0.717) is 34.8 Å². The maximum absolute atomic E-state index is 12.4. The van der Waals surface area contributed by atoms with Crippen molar-refractivity contribution in [3.63, 3.8) is 0 Å². The lowest BCUT2D eigenvalue weighted by Crippen LogP contribution is -2.23. The van der Waals surface area contributed by atoms with E-state index in [0.717, 1.165) is 11.3 Å². The lowest BCUT2D eigenvalue weighted by Gasteiger charge is -2.06. The van der Waals surface area contributed by atoms with Crippen LogP contribution in [0.3, 0.4) is 0 Å². The fourth-order valence-corrected chi connectivity index (χ4v) is 3.09. The Morgan fingerprint density at radius 1 is 1.10 bits per heavy atom. The predicted octanol–water partition coefficient (Wildman–Crippen LogP) is 3.01. The minimum atomic E-state index is -0.270. The summed E-state index contributed by atoms with van der Waals surface area (Å²) in [6.45, 7) is 0.416. The molecule has 8 heteroatoms. The number of benzene rings is 2. The summed E-state index contributed by atoms with van der Waals surface area (Å²) in [5.41, 5.74) is 1.97. The third kappa shape index (κ3) is 4.35. The molecular weight excluding hydrogens is 390 g/mol. The van der Waals surface area contributed by atoms with E-state index in [4.69, 9.17) is 11.6 Å². The Labute approximate surface area is 171 Å². The molecule has 0 unspecified atom stereocenters. The summed E-state index contributed by atoms with van der Waals surface area (Å²) in [4.78, 5) is 31.8. The van der Waals surface area contributed by atoms with Crippen molar-refractivity contribution < 1.29 is 4.79 Å². The van der Waals surface area contributed by atoms with E-state index < -0.39 is 0 Å². The number of fused-ring (bicyclic) bond motifs is 1. The van der Waals surface area contributed by atoms with Crippen molar-refractivity contribution in [1.29, 1.82) is 0 Å². The smallest absolute Gasteiger partial charge is 0.262 e. The number of nitrogens with zero attached hydrogens (tertiary/aromatic N) is 3. The topological polar surface area (TPSA) is 92.7 Å². The lowest BCUT2D eigenvalue weighted by molar-refractivity contribution is -0.121. The number of H-pyrrole nitrogens is 1. The number of halogens is 1. The first-order chi connectivity index (χ1) is 14.1. The highest BCUT2D eigenvalue weighted by Gasteiger charge is 2.12. The zero-order valence-corrected chi connectivity index (χ0v) is 16.2. The van der Waals surface area contributed by atoms with Crippen molar-refractivity contribution in [2.24, 2.45) is 0 Å². The minimum Gasteiger partial charge on any atom is -0.352 e. The van der Waals surface area contributed by atoms with Gasteiger partial charge in [-0.05, 0) is 29.8 Å². The molecule has 1 amide bonds. The zero-order chi connectivity index (χ0) is 20.2. The van der Waals surface area contributed by atoms with Crippen LogP contribution in [-0.4, -0.2) is 25.7 Å². The molecule has 2 aromatic carbocycles. The van der Waals surface area contributed by atoms with Gasteiger partial charge < -0.3 is 10.3 Å². The van der Waals surface area contributed by atoms with E-state index >= 15 is 0 Å². The fraction of sp³-hybridized carbons (Fsp3) is 0.143. The second-order valence-electron chi connectivity index (χ2n) is 6.55. The van der Waals surface area contributed by atoms with Crippen LogP contribution in [0.15, 0.2) is 65.6 Å². The molecule has 2 N–H and O–H groups in total. The molecular formula is C21H18ClN5O2. The molecule has 2 aromatic heterocycles. The molecule has 0 aliphatic rings. The molecule has 0 aliphatic heterocycles. The van der Waals surface area contributed by atoms with Crippen LogP contribution in [0.1, 0.15) is 17.8 Å². The van der Waals surface area contributed by atoms with Crippen LogP contribution < -0.4 is 10.9 Å². The van der Waals surface area contributed by atoms with Crippen LogP contribution in [0.4, 0.5) is 0 Å². The standard InChI is InChI=1S/C21H18ClN5O2/c22-15-8-6-14(7-9-15)12-23-19(28)11-10-18-25-20-17(21(29)26-18)13-24-27(20)16-4-2-1-3-5-16/h1-9,13H,10-12H2,(H,23,28)(H,25,26,29). The SMILES string of the molecule is O=C(CCc1nc2c(cnn2-c2ccccc2)c(=O)[nH]1)NCc1ccc(Cl)cc1. The van der Waals surface area contributed by atoms with E-state index in [1.165, 1.54) is 6.20 Å². The Bertz CT molecular complexity index is 1200. The van der Waals surface area contributed by atoms with Gasteiger partial charge in [0, 0.05) is 24.4 Å². The van der Waals surface area contributed by atoms with Crippen LogP contribution >= 0.6 is 11.6 Å². The van der Waals surface area contributed by atoms with Gasteiger partial charge in [0.1, 0.15) is 11.2 Å². The Hall–Kier alpha value is -3.45. The molecule has 0 radical (unpaired) electrons. The molecule has 0 saturated heterocycles. The first-order valence-corrected chi connectivity index (χ1v) is 9.51. The number of carbonyl (C=O) groups is 1. The van der Waals surface area contributed by atoms with Crippen LogP contribution in [0.5, 0.6) is 0 Å². The van der Waals surface area contributed by atoms with E-state index in [-0.39, 0.29) is 17.9 Å². The van der Waals surface area contributed by atoms with E-state index in [1.54, 1.807) is 16.8 Å². The van der Waals surface area contributed by atoms with Gasteiger partial charge in [0.05, 0.1) is 11.9 Å². The lowest BCUT2D eigenvalue weighted by atomic mass is 10.2. The molecule has 0 fully saturated rings. The highest BCUT2D eigenvalue weighted by Crippen LogP contribution is 2.14. The Balaban J connectivity index is 1.46. The van der Waals surface area contributed by atoms with Crippen molar-refractivity contribution in [2.75, 3.05) is 0 Å². The Kier molecular flexibility index (Phi) is 5.39. The van der Waals surface area contributed by atoms with E-state index in [9.17, 15) is 9.59 Å².